The molecule has 0 aliphatic heterocycles. The summed E-state index contributed by atoms with van der Waals surface area (Å²) in [6, 6.07) is 11.0. The molecule has 0 saturated carbocycles. The molecule has 0 aliphatic rings. The van der Waals surface area contributed by atoms with Gasteiger partial charge in [-0.05, 0) is 42.0 Å². The highest BCUT2D eigenvalue weighted by Gasteiger charge is 2.11. The van der Waals surface area contributed by atoms with Gasteiger partial charge in [0.1, 0.15) is 0 Å². The third kappa shape index (κ3) is 2.48. The van der Waals surface area contributed by atoms with Gasteiger partial charge >= 0.3 is 0 Å². The standard InChI is InChI=1S/C14H12N2O4S/c1-9-6-14(17)16(15-9)12-4-2-11-8-13(21(18,19)20)5-3-10(11)7-12/h2-8,17H,1H3,(H,18,19,20). The Morgan fingerprint density at radius 3 is 2.33 bits per heavy atom. The van der Waals surface area contributed by atoms with Crippen molar-refractivity contribution in [2.75, 3.05) is 0 Å². The molecule has 0 bridgehead atoms. The van der Waals surface area contributed by atoms with Gasteiger partial charge in [0.15, 0.2) is 0 Å². The van der Waals surface area contributed by atoms with Crippen LogP contribution in [0.25, 0.3) is 16.5 Å². The van der Waals surface area contributed by atoms with E-state index in [9.17, 15) is 13.5 Å². The molecule has 3 rings (SSSR count). The monoisotopic (exact) mass is 304 g/mol. The van der Waals surface area contributed by atoms with Gasteiger partial charge in [0.25, 0.3) is 10.1 Å². The number of fused-ring (bicyclic) bond motifs is 1. The van der Waals surface area contributed by atoms with Gasteiger partial charge in [0.05, 0.1) is 16.3 Å². The molecule has 0 saturated heterocycles. The molecule has 0 amide bonds. The largest absolute Gasteiger partial charge is 0.493 e. The molecule has 0 atom stereocenters. The minimum atomic E-state index is -4.22. The summed E-state index contributed by atoms with van der Waals surface area (Å²) in [5.41, 5.74) is 1.35. The van der Waals surface area contributed by atoms with Gasteiger partial charge in [0.2, 0.25) is 5.88 Å². The molecule has 0 unspecified atom stereocenters. The third-order valence-corrected chi connectivity index (χ3v) is 4.00. The summed E-state index contributed by atoms with van der Waals surface area (Å²) in [6.45, 7) is 1.77. The van der Waals surface area contributed by atoms with E-state index < -0.39 is 10.1 Å². The highest BCUT2D eigenvalue weighted by Crippen LogP contribution is 2.24. The SMILES string of the molecule is Cc1cc(O)n(-c2ccc3cc(S(=O)(=O)O)ccc3c2)n1. The predicted octanol–water partition coefficient (Wildman–Crippen LogP) is 2.29. The number of benzene rings is 2. The number of aromatic hydroxyl groups is 1. The number of aromatic nitrogens is 2. The summed E-state index contributed by atoms with van der Waals surface area (Å²) >= 11 is 0. The molecule has 21 heavy (non-hydrogen) atoms. The van der Waals surface area contributed by atoms with Crippen LogP contribution >= 0.6 is 0 Å². The summed E-state index contributed by atoms with van der Waals surface area (Å²) in [5.74, 6) is 0.0291. The Morgan fingerprint density at radius 1 is 1.05 bits per heavy atom. The summed E-state index contributed by atoms with van der Waals surface area (Å²) in [6.07, 6.45) is 0. The Hall–Kier alpha value is -2.38. The van der Waals surface area contributed by atoms with Crippen LogP contribution in [0.4, 0.5) is 0 Å². The summed E-state index contributed by atoms with van der Waals surface area (Å²) < 4.78 is 32.7. The molecule has 0 radical (unpaired) electrons. The van der Waals surface area contributed by atoms with Crippen LogP contribution in [0.1, 0.15) is 5.69 Å². The van der Waals surface area contributed by atoms with Gasteiger partial charge in [0, 0.05) is 6.07 Å². The van der Waals surface area contributed by atoms with Crippen molar-refractivity contribution in [1.29, 1.82) is 0 Å². The first kappa shape index (κ1) is 13.6. The summed E-state index contributed by atoms with van der Waals surface area (Å²) in [5, 5.41) is 15.4. The van der Waals surface area contributed by atoms with Crippen molar-refractivity contribution in [3.8, 4) is 11.6 Å². The number of nitrogens with zero attached hydrogens (tertiary/aromatic N) is 2. The average molecular weight is 304 g/mol. The lowest BCUT2D eigenvalue weighted by Gasteiger charge is -2.06. The maximum absolute atomic E-state index is 11.1. The Kier molecular flexibility index (Phi) is 2.96. The lowest BCUT2D eigenvalue weighted by Crippen LogP contribution is -1.98. The highest BCUT2D eigenvalue weighted by atomic mass is 32.2. The predicted molar refractivity (Wildman–Crippen MR) is 77.3 cm³/mol. The summed E-state index contributed by atoms with van der Waals surface area (Å²) in [7, 11) is -4.22. The molecular weight excluding hydrogens is 292 g/mol. The Bertz CT molecular complexity index is 945. The quantitative estimate of drug-likeness (QED) is 0.709. The second-order valence-electron chi connectivity index (χ2n) is 4.72. The first-order valence-corrected chi connectivity index (χ1v) is 7.56. The molecule has 0 aliphatic carbocycles. The fourth-order valence-electron chi connectivity index (χ4n) is 2.18. The van der Waals surface area contributed by atoms with Gasteiger partial charge in [-0.15, -0.1) is 0 Å². The fourth-order valence-corrected chi connectivity index (χ4v) is 2.70. The molecule has 3 aromatic rings. The van der Waals surface area contributed by atoms with Crippen LogP contribution in [0.5, 0.6) is 5.88 Å². The van der Waals surface area contributed by atoms with Crippen LogP contribution in [-0.2, 0) is 10.1 Å². The molecule has 0 spiro atoms. The first-order valence-electron chi connectivity index (χ1n) is 6.12. The van der Waals surface area contributed by atoms with E-state index in [2.05, 4.69) is 5.10 Å². The molecule has 2 N–H and O–H groups in total. The second kappa shape index (κ2) is 4.57. The smallest absolute Gasteiger partial charge is 0.294 e. The van der Waals surface area contributed by atoms with Crippen LogP contribution in [0.3, 0.4) is 0 Å². The zero-order valence-electron chi connectivity index (χ0n) is 11.1. The Labute approximate surface area is 121 Å². The molecule has 1 heterocycles. The van der Waals surface area contributed by atoms with E-state index in [-0.39, 0.29) is 10.8 Å². The van der Waals surface area contributed by atoms with Crippen LogP contribution in [0.2, 0.25) is 0 Å². The summed E-state index contributed by atoms with van der Waals surface area (Å²) in [4.78, 5) is -0.152. The average Bonchev–Trinajstić information content (AvgIpc) is 2.75. The minimum absolute atomic E-state index is 0.0291. The van der Waals surface area contributed by atoms with Gasteiger partial charge in [-0.2, -0.15) is 13.5 Å². The maximum Gasteiger partial charge on any atom is 0.294 e. The molecule has 6 nitrogen and oxygen atoms in total. The van der Waals surface area contributed by atoms with Crippen molar-refractivity contribution in [3.05, 3.63) is 48.2 Å². The van der Waals surface area contributed by atoms with E-state index in [1.807, 2.05) is 0 Å². The Balaban J connectivity index is 2.16. The molecule has 1 aromatic heterocycles. The van der Waals surface area contributed by atoms with Gasteiger partial charge in [-0.25, -0.2) is 4.68 Å². The van der Waals surface area contributed by atoms with Crippen LogP contribution in [0.15, 0.2) is 47.4 Å². The lowest BCUT2D eigenvalue weighted by molar-refractivity contribution is 0.433. The van der Waals surface area contributed by atoms with Gasteiger partial charge in [-0.3, -0.25) is 4.55 Å². The van der Waals surface area contributed by atoms with E-state index in [0.717, 1.165) is 5.39 Å². The van der Waals surface area contributed by atoms with Crippen molar-refractivity contribution >= 4 is 20.9 Å². The maximum atomic E-state index is 11.1. The van der Waals surface area contributed by atoms with Crippen LogP contribution in [-0.4, -0.2) is 27.9 Å². The first-order chi connectivity index (χ1) is 9.84. The normalized spacial score (nSPS) is 11.9. The number of aryl methyl sites for hydroxylation is 1. The molecule has 0 fully saturated rings. The highest BCUT2D eigenvalue weighted by molar-refractivity contribution is 7.85. The van der Waals surface area contributed by atoms with Crippen LogP contribution < -0.4 is 0 Å². The Morgan fingerprint density at radius 2 is 1.71 bits per heavy atom. The van der Waals surface area contributed by atoms with Crippen molar-refractivity contribution in [2.24, 2.45) is 0 Å². The minimum Gasteiger partial charge on any atom is -0.493 e. The van der Waals surface area contributed by atoms with Crippen molar-refractivity contribution in [2.45, 2.75) is 11.8 Å². The van der Waals surface area contributed by atoms with Gasteiger partial charge < -0.3 is 5.11 Å². The number of rotatable bonds is 2. The molecule has 108 valence electrons. The van der Waals surface area contributed by atoms with E-state index in [1.54, 1.807) is 37.3 Å². The molecular formula is C14H12N2O4S. The van der Waals surface area contributed by atoms with E-state index in [0.29, 0.717) is 16.8 Å². The fraction of sp³-hybridized carbons (Fsp3) is 0.0714. The zero-order chi connectivity index (χ0) is 15.2. The van der Waals surface area contributed by atoms with E-state index >= 15 is 0 Å². The third-order valence-electron chi connectivity index (χ3n) is 3.15. The van der Waals surface area contributed by atoms with Crippen molar-refractivity contribution in [3.63, 3.8) is 0 Å². The molecule has 7 heteroatoms. The van der Waals surface area contributed by atoms with E-state index in [4.69, 9.17) is 4.55 Å². The van der Waals surface area contributed by atoms with E-state index in [1.165, 1.54) is 16.8 Å². The van der Waals surface area contributed by atoms with Gasteiger partial charge in [-0.1, -0.05) is 12.1 Å². The van der Waals surface area contributed by atoms with Crippen LogP contribution in [0, 0.1) is 6.92 Å². The number of hydrogen-bond donors (Lipinski definition) is 2. The number of hydrogen-bond acceptors (Lipinski definition) is 4. The van der Waals surface area contributed by atoms with Crippen molar-refractivity contribution < 1.29 is 18.1 Å². The van der Waals surface area contributed by atoms with Crippen molar-refractivity contribution in [1.82, 2.24) is 9.78 Å². The lowest BCUT2D eigenvalue weighted by atomic mass is 10.1. The second-order valence-corrected chi connectivity index (χ2v) is 6.15. The zero-order valence-corrected chi connectivity index (χ0v) is 11.9. The molecule has 2 aromatic carbocycles. The topological polar surface area (TPSA) is 92.4 Å².